The van der Waals surface area contributed by atoms with Crippen molar-refractivity contribution in [2.75, 3.05) is 0 Å². The molecule has 5 nitrogen and oxygen atoms in total. The minimum atomic E-state index is -0.151. The molecule has 9 aromatic rings. The highest BCUT2D eigenvalue weighted by molar-refractivity contribution is 6.59. The summed E-state index contributed by atoms with van der Waals surface area (Å²) in [5.41, 5.74) is 12.3. The van der Waals surface area contributed by atoms with Crippen LogP contribution in [0.25, 0.3) is 83.0 Å². The van der Waals surface area contributed by atoms with E-state index in [2.05, 4.69) is 108 Å². The van der Waals surface area contributed by atoms with E-state index in [1.54, 1.807) is 6.20 Å². The Morgan fingerprint density at radius 1 is 0.481 bits per heavy atom. The zero-order valence-electron chi connectivity index (χ0n) is 29.1. The number of rotatable bonds is 5. The van der Waals surface area contributed by atoms with E-state index in [0.29, 0.717) is 17.0 Å². The first-order chi connectivity index (χ1) is 25.4. The molecule has 8 heteroatoms. The van der Waals surface area contributed by atoms with Gasteiger partial charge in [-0.3, -0.25) is 9.55 Å². The van der Waals surface area contributed by atoms with E-state index >= 15 is 0 Å². The largest absolute Gasteiger partial charge is 0.505 e. The molecule has 2 N–H and O–H groups in total. The van der Waals surface area contributed by atoms with Crippen LogP contribution in [0.1, 0.15) is 0 Å². The highest BCUT2D eigenvalue weighted by Gasteiger charge is 2.24. The van der Waals surface area contributed by atoms with Crippen molar-refractivity contribution in [2.24, 2.45) is 0 Å². The van der Waals surface area contributed by atoms with Crippen molar-refractivity contribution in [1.82, 2.24) is 14.5 Å². The number of aromatic nitrogens is 3. The van der Waals surface area contributed by atoms with Crippen LogP contribution in [-0.4, -0.2) is 48.3 Å². The summed E-state index contributed by atoms with van der Waals surface area (Å²) < 4.78 is 1.99. The second-order valence-electron chi connectivity index (χ2n) is 13.4. The third-order valence-corrected chi connectivity index (χ3v) is 10.6. The highest BCUT2D eigenvalue weighted by atomic mass is 16.3. The van der Waals surface area contributed by atoms with Crippen molar-refractivity contribution in [3.8, 4) is 62.0 Å². The lowest BCUT2D eigenvalue weighted by Gasteiger charge is -2.20. The lowest BCUT2D eigenvalue weighted by Crippen LogP contribution is -2.41. The quantitative estimate of drug-likeness (QED) is 0.143. The molecule has 9 rings (SSSR count). The number of nitrogens with zero attached hydrogens (tertiary/aromatic N) is 3. The number of benzene rings is 7. The molecule has 0 fully saturated rings. The summed E-state index contributed by atoms with van der Waals surface area (Å²) in [6.45, 7) is 0. The first kappa shape index (κ1) is 31.5. The van der Waals surface area contributed by atoms with Gasteiger partial charge in [0.2, 0.25) is 0 Å². The molecule has 0 bridgehead atoms. The molecule has 244 valence electrons. The maximum Gasteiger partial charge on any atom is 0.180 e. The molecule has 7 aromatic carbocycles. The van der Waals surface area contributed by atoms with E-state index in [1.165, 1.54) is 16.3 Å². The first-order valence-corrected chi connectivity index (χ1v) is 17.5. The van der Waals surface area contributed by atoms with Gasteiger partial charge >= 0.3 is 0 Å². The standard InChI is InChI=1S/C44H32B3N3O2/c45-38-39(46)41(43(52)42(51)40(38)47)50-35-17-6-5-16-34(35)49-44(50)28-10-7-9-27(23-28)37-32-14-3-1-12-30(32)36(31-13-2-4-15-33(31)37)26-20-18-25(19-21-26)29-11-8-22-48-24-29/h1-24,51-52H,45-47H2. The van der Waals surface area contributed by atoms with Gasteiger partial charge in [-0.2, -0.15) is 0 Å². The molecule has 0 unspecified atom stereocenters. The van der Waals surface area contributed by atoms with Gasteiger partial charge in [-0.05, 0) is 79.2 Å². The molecular formula is C44H32B3N3O2. The van der Waals surface area contributed by atoms with E-state index in [1.807, 2.05) is 64.6 Å². The summed E-state index contributed by atoms with van der Waals surface area (Å²) in [6.07, 6.45) is 3.69. The van der Waals surface area contributed by atoms with Gasteiger partial charge in [-0.1, -0.05) is 126 Å². The molecule has 0 aliphatic heterocycles. The fourth-order valence-electron chi connectivity index (χ4n) is 7.75. The average Bonchev–Trinajstić information content (AvgIpc) is 3.58. The Kier molecular flexibility index (Phi) is 7.48. The van der Waals surface area contributed by atoms with Crippen molar-refractivity contribution in [3.63, 3.8) is 0 Å². The molecule has 0 aliphatic rings. The Labute approximate surface area is 304 Å². The summed E-state index contributed by atoms with van der Waals surface area (Å²) >= 11 is 0. The minimum Gasteiger partial charge on any atom is -0.505 e. The maximum atomic E-state index is 11.4. The number of hydrogen-bond donors (Lipinski definition) is 2. The predicted molar refractivity (Wildman–Crippen MR) is 223 cm³/mol. The number of fused-ring (bicyclic) bond motifs is 3. The average molecular weight is 667 g/mol. The first-order valence-electron chi connectivity index (χ1n) is 17.5. The van der Waals surface area contributed by atoms with Gasteiger partial charge in [0, 0.05) is 18.0 Å². The van der Waals surface area contributed by atoms with Crippen LogP contribution in [-0.2, 0) is 0 Å². The summed E-state index contributed by atoms with van der Waals surface area (Å²) in [4.78, 5) is 9.44. The number of imidazole rings is 1. The normalized spacial score (nSPS) is 11.5. The fourth-order valence-corrected chi connectivity index (χ4v) is 7.75. The van der Waals surface area contributed by atoms with Crippen molar-refractivity contribution in [1.29, 1.82) is 0 Å². The molecular weight excluding hydrogens is 635 g/mol. The molecule has 0 saturated carbocycles. The fraction of sp³-hybridized carbons (Fsp3) is 0. The van der Waals surface area contributed by atoms with E-state index in [9.17, 15) is 10.2 Å². The van der Waals surface area contributed by atoms with Gasteiger partial charge in [0.15, 0.2) is 11.5 Å². The van der Waals surface area contributed by atoms with Crippen LogP contribution in [0.3, 0.4) is 0 Å². The van der Waals surface area contributed by atoms with Gasteiger partial charge in [0.05, 0.1) is 16.7 Å². The SMILES string of the molecule is Bc1c(B)c(O)c(O)c(-n2c(-c3cccc(-c4c5ccccc5c(-c5ccc(-c6cccnc6)cc5)c5ccccc45)c3)nc3ccccc32)c1B. The van der Waals surface area contributed by atoms with Gasteiger partial charge < -0.3 is 10.2 Å². The monoisotopic (exact) mass is 667 g/mol. The number of hydrogen-bond acceptors (Lipinski definition) is 4. The molecule has 0 spiro atoms. The molecule has 0 atom stereocenters. The zero-order valence-corrected chi connectivity index (χ0v) is 29.1. The van der Waals surface area contributed by atoms with Crippen LogP contribution in [0.15, 0.2) is 146 Å². The Bertz CT molecular complexity index is 2770. The zero-order chi connectivity index (χ0) is 35.5. The number of pyridine rings is 1. The topological polar surface area (TPSA) is 71.2 Å². The van der Waals surface area contributed by atoms with Crippen LogP contribution in [0.5, 0.6) is 11.5 Å². The van der Waals surface area contributed by atoms with E-state index in [-0.39, 0.29) is 11.5 Å². The van der Waals surface area contributed by atoms with Crippen LogP contribution in [0, 0.1) is 0 Å². The van der Waals surface area contributed by atoms with Crippen LogP contribution in [0.2, 0.25) is 0 Å². The van der Waals surface area contributed by atoms with Gasteiger partial charge in [0.25, 0.3) is 0 Å². The van der Waals surface area contributed by atoms with Crippen LogP contribution < -0.4 is 16.4 Å². The molecule has 52 heavy (non-hydrogen) atoms. The Morgan fingerprint density at radius 2 is 1.06 bits per heavy atom. The summed E-state index contributed by atoms with van der Waals surface area (Å²) in [5.74, 6) is 0.422. The summed E-state index contributed by atoms with van der Waals surface area (Å²) in [7, 11) is 5.79. The molecule has 0 amide bonds. The molecule has 0 radical (unpaired) electrons. The lowest BCUT2D eigenvalue weighted by atomic mass is 9.70. The number of phenolic OH excluding ortho intramolecular Hbond substituents is 2. The second kappa shape index (κ2) is 12.4. The Hall–Kier alpha value is -6.53. The van der Waals surface area contributed by atoms with Crippen molar-refractivity contribution < 1.29 is 10.2 Å². The van der Waals surface area contributed by atoms with Gasteiger partial charge in [-0.25, -0.2) is 4.98 Å². The molecule has 0 aliphatic carbocycles. The predicted octanol–water partition coefficient (Wildman–Crippen LogP) is 5.58. The summed E-state index contributed by atoms with van der Waals surface area (Å²) in [5, 5.41) is 27.1. The Balaban J connectivity index is 1.27. The number of aromatic hydroxyl groups is 2. The highest BCUT2D eigenvalue weighted by Crippen LogP contribution is 2.45. The van der Waals surface area contributed by atoms with Gasteiger partial charge in [-0.15, -0.1) is 0 Å². The van der Waals surface area contributed by atoms with E-state index in [4.69, 9.17) is 4.98 Å². The molecule has 2 heterocycles. The smallest absolute Gasteiger partial charge is 0.180 e. The van der Waals surface area contributed by atoms with Crippen molar-refractivity contribution >= 4 is 72.5 Å². The van der Waals surface area contributed by atoms with Crippen molar-refractivity contribution in [2.45, 2.75) is 0 Å². The lowest BCUT2D eigenvalue weighted by molar-refractivity contribution is 0.406. The Morgan fingerprint density at radius 3 is 1.71 bits per heavy atom. The van der Waals surface area contributed by atoms with Gasteiger partial charge in [0.1, 0.15) is 29.4 Å². The van der Waals surface area contributed by atoms with E-state index < -0.39 is 0 Å². The summed E-state index contributed by atoms with van der Waals surface area (Å²) in [6, 6.07) is 46.6. The molecule has 2 aromatic heterocycles. The third-order valence-electron chi connectivity index (χ3n) is 10.6. The molecule has 0 saturated heterocycles. The van der Waals surface area contributed by atoms with Crippen molar-refractivity contribution in [3.05, 3.63) is 146 Å². The minimum absolute atomic E-state index is 0.111. The number of para-hydroxylation sites is 2. The maximum absolute atomic E-state index is 11.4. The van der Waals surface area contributed by atoms with E-state index in [0.717, 1.165) is 66.1 Å². The second-order valence-corrected chi connectivity index (χ2v) is 13.4. The van der Waals surface area contributed by atoms with Crippen LogP contribution >= 0.6 is 0 Å². The third kappa shape index (κ3) is 4.90. The number of phenols is 2. The van der Waals surface area contributed by atoms with Crippen LogP contribution in [0.4, 0.5) is 0 Å².